The van der Waals surface area contributed by atoms with E-state index in [-0.39, 0.29) is 20.2 Å². The third-order valence-corrected chi connectivity index (χ3v) is 9.54. The lowest BCUT2D eigenvalue weighted by molar-refractivity contribution is 0.212. The van der Waals surface area contributed by atoms with E-state index >= 15 is 0 Å². The van der Waals surface area contributed by atoms with Gasteiger partial charge in [-0.15, -0.1) is 23.5 Å². The SMILES string of the molecule is CCCCCCCCCC(C)(C)SC(SC(C)(C)CCCCCCCCC)C(C)O. The van der Waals surface area contributed by atoms with E-state index in [1.54, 1.807) is 0 Å². The molecule has 0 radical (unpaired) electrons. The van der Waals surface area contributed by atoms with Gasteiger partial charge in [0, 0.05) is 9.49 Å². The first-order chi connectivity index (χ1) is 14.1. The van der Waals surface area contributed by atoms with E-state index in [0.29, 0.717) is 0 Å². The van der Waals surface area contributed by atoms with Crippen LogP contribution in [0.15, 0.2) is 0 Å². The van der Waals surface area contributed by atoms with Crippen molar-refractivity contribution in [1.82, 2.24) is 0 Å². The molecule has 0 fully saturated rings. The van der Waals surface area contributed by atoms with Crippen molar-refractivity contribution in [3.8, 4) is 0 Å². The molecule has 182 valence electrons. The smallest absolute Gasteiger partial charge is 0.0769 e. The minimum Gasteiger partial charge on any atom is -0.391 e. The van der Waals surface area contributed by atoms with Crippen molar-refractivity contribution < 1.29 is 5.11 Å². The van der Waals surface area contributed by atoms with E-state index in [1.807, 2.05) is 30.4 Å². The van der Waals surface area contributed by atoms with E-state index in [0.717, 1.165) is 0 Å². The van der Waals surface area contributed by atoms with Gasteiger partial charge in [0.2, 0.25) is 0 Å². The first-order valence-electron chi connectivity index (χ1n) is 13.2. The van der Waals surface area contributed by atoms with Gasteiger partial charge in [0.15, 0.2) is 0 Å². The van der Waals surface area contributed by atoms with Gasteiger partial charge >= 0.3 is 0 Å². The lowest BCUT2D eigenvalue weighted by Gasteiger charge is -2.35. The second kappa shape index (κ2) is 18.1. The molecule has 0 spiro atoms. The van der Waals surface area contributed by atoms with Crippen molar-refractivity contribution in [2.45, 2.75) is 171 Å². The summed E-state index contributed by atoms with van der Waals surface area (Å²) in [6.45, 7) is 16.1. The highest BCUT2D eigenvalue weighted by molar-refractivity contribution is 8.18. The fraction of sp³-hybridized carbons (Fsp3) is 1.00. The molecule has 1 unspecified atom stereocenters. The summed E-state index contributed by atoms with van der Waals surface area (Å²) in [6, 6.07) is 0. The zero-order valence-electron chi connectivity index (χ0n) is 21.7. The fourth-order valence-electron chi connectivity index (χ4n) is 3.98. The Morgan fingerprint density at radius 1 is 0.567 bits per heavy atom. The van der Waals surface area contributed by atoms with Crippen LogP contribution >= 0.6 is 23.5 Å². The quantitative estimate of drug-likeness (QED) is 0.136. The molecule has 0 saturated carbocycles. The molecule has 0 rings (SSSR count). The highest BCUT2D eigenvalue weighted by Crippen LogP contribution is 2.45. The van der Waals surface area contributed by atoms with Crippen LogP contribution in [-0.2, 0) is 0 Å². The van der Waals surface area contributed by atoms with E-state index in [2.05, 4.69) is 41.5 Å². The number of aliphatic hydroxyl groups is 1. The third-order valence-electron chi connectivity index (χ3n) is 6.03. The number of aliphatic hydroxyl groups excluding tert-OH is 1. The minimum atomic E-state index is -0.262. The molecule has 0 saturated heterocycles. The van der Waals surface area contributed by atoms with Crippen molar-refractivity contribution in [2.24, 2.45) is 0 Å². The van der Waals surface area contributed by atoms with Crippen LogP contribution in [-0.4, -0.2) is 25.3 Å². The summed E-state index contributed by atoms with van der Waals surface area (Å²) in [4.78, 5) is 0. The van der Waals surface area contributed by atoms with Crippen LogP contribution in [0.3, 0.4) is 0 Å². The van der Waals surface area contributed by atoms with Gasteiger partial charge in [-0.25, -0.2) is 0 Å². The second-order valence-electron chi connectivity index (χ2n) is 10.6. The van der Waals surface area contributed by atoms with Crippen LogP contribution in [0.4, 0.5) is 0 Å². The topological polar surface area (TPSA) is 20.2 Å². The summed E-state index contributed by atoms with van der Waals surface area (Å²) in [6.07, 6.45) is 21.5. The highest BCUT2D eigenvalue weighted by atomic mass is 32.2. The van der Waals surface area contributed by atoms with Gasteiger partial charge in [0.05, 0.1) is 10.7 Å². The minimum absolute atomic E-state index is 0.243. The predicted octanol–water partition coefficient (Wildman–Crippen LogP) is 10.00. The maximum Gasteiger partial charge on any atom is 0.0769 e. The molecule has 0 aromatic heterocycles. The van der Waals surface area contributed by atoms with Crippen molar-refractivity contribution >= 4 is 23.5 Å². The molecule has 1 nitrogen and oxygen atoms in total. The van der Waals surface area contributed by atoms with E-state index in [4.69, 9.17) is 0 Å². The standard InChI is InChI=1S/C27H56OS2/c1-8-10-12-14-16-18-20-22-26(4,5)29-25(24(3)28)30-27(6,7)23-21-19-17-15-13-11-9-2/h24-25,28H,8-23H2,1-7H3. The van der Waals surface area contributed by atoms with Crippen molar-refractivity contribution in [3.63, 3.8) is 0 Å². The Kier molecular flexibility index (Phi) is 18.5. The Morgan fingerprint density at radius 3 is 1.17 bits per heavy atom. The summed E-state index contributed by atoms with van der Waals surface area (Å²) in [7, 11) is 0. The lowest BCUT2D eigenvalue weighted by Crippen LogP contribution is -2.29. The van der Waals surface area contributed by atoms with Gasteiger partial charge in [-0.3, -0.25) is 0 Å². The fourth-order valence-corrected chi connectivity index (χ4v) is 7.91. The average Bonchev–Trinajstić information content (AvgIpc) is 2.65. The summed E-state index contributed by atoms with van der Waals surface area (Å²) < 4.78 is 0.755. The molecular formula is C27H56OS2. The summed E-state index contributed by atoms with van der Waals surface area (Å²) >= 11 is 4.04. The summed E-state index contributed by atoms with van der Waals surface area (Å²) in [5, 5.41) is 10.5. The van der Waals surface area contributed by atoms with Gasteiger partial charge in [-0.2, -0.15) is 0 Å². The van der Waals surface area contributed by atoms with Gasteiger partial charge in [-0.05, 0) is 19.8 Å². The average molecular weight is 461 g/mol. The van der Waals surface area contributed by atoms with Crippen molar-refractivity contribution in [3.05, 3.63) is 0 Å². The number of thioether (sulfide) groups is 2. The highest BCUT2D eigenvalue weighted by Gasteiger charge is 2.32. The van der Waals surface area contributed by atoms with E-state index in [1.165, 1.54) is 103 Å². The molecule has 30 heavy (non-hydrogen) atoms. The summed E-state index contributed by atoms with van der Waals surface area (Å²) in [5.74, 6) is 0. The Labute approximate surface area is 199 Å². The lowest BCUT2D eigenvalue weighted by atomic mass is 10.0. The molecule has 0 aliphatic rings. The summed E-state index contributed by atoms with van der Waals surface area (Å²) in [5.41, 5.74) is 0. The molecule has 0 amide bonds. The van der Waals surface area contributed by atoms with Gasteiger partial charge < -0.3 is 5.11 Å². The Morgan fingerprint density at radius 2 is 0.867 bits per heavy atom. The zero-order chi connectivity index (χ0) is 22.9. The molecular weight excluding hydrogens is 404 g/mol. The van der Waals surface area contributed by atoms with Crippen LogP contribution < -0.4 is 0 Å². The molecule has 3 heteroatoms. The molecule has 0 aliphatic heterocycles. The Bertz CT molecular complexity index is 347. The van der Waals surface area contributed by atoms with Crippen LogP contribution in [0, 0.1) is 0 Å². The van der Waals surface area contributed by atoms with E-state index in [9.17, 15) is 5.11 Å². The predicted molar refractivity (Wildman–Crippen MR) is 144 cm³/mol. The second-order valence-corrected chi connectivity index (χ2v) is 14.6. The number of hydrogen-bond donors (Lipinski definition) is 1. The van der Waals surface area contributed by atoms with Crippen molar-refractivity contribution in [2.75, 3.05) is 0 Å². The monoisotopic (exact) mass is 460 g/mol. The molecule has 0 aromatic rings. The van der Waals surface area contributed by atoms with Gasteiger partial charge in [-0.1, -0.05) is 131 Å². The van der Waals surface area contributed by atoms with Gasteiger partial charge in [0.1, 0.15) is 0 Å². The first-order valence-corrected chi connectivity index (χ1v) is 14.9. The van der Waals surface area contributed by atoms with Crippen LogP contribution in [0.25, 0.3) is 0 Å². The van der Waals surface area contributed by atoms with E-state index < -0.39 is 0 Å². The molecule has 0 aromatic carbocycles. The Balaban J connectivity index is 4.25. The molecule has 1 N–H and O–H groups in total. The number of unbranched alkanes of at least 4 members (excludes halogenated alkanes) is 12. The van der Waals surface area contributed by atoms with Gasteiger partial charge in [0.25, 0.3) is 0 Å². The Hall–Kier alpha value is 0.660. The van der Waals surface area contributed by atoms with Crippen LogP contribution in [0.1, 0.15) is 151 Å². The molecule has 0 aliphatic carbocycles. The first kappa shape index (κ1) is 30.7. The molecule has 0 heterocycles. The van der Waals surface area contributed by atoms with Crippen molar-refractivity contribution in [1.29, 1.82) is 0 Å². The zero-order valence-corrected chi connectivity index (χ0v) is 23.4. The third kappa shape index (κ3) is 18.3. The maximum absolute atomic E-state index is 10.5. The maximum atomic E-state index is 10.5. The number of rotatable bonds is 21. The molecule has 1 atom stereocenters. The largest absolute Gasteiger partial charge is 0.391 e. The normalized spacial score (nSPS) is 13.9. The van der Waals surface area contributed by atoms with Crippen LogP contribution in [0.2, 0.25) is 0 Å². The molecule has 0 bridgehead atoms. The van der Waals surface area contributed by atoms with Crippen LogP contribution in [0.5, 0.6) is 0 Å². The number of hydrogen-bond acceptors (Lipinski definition) is 3.